The van der Waals surface area contributed by atoms with E-state index in [2.05, 4.69) is 20.4 Å². The van der Waals surface area contributed by atoms with Gasteiger partial charge in [-0.3, -0.25) is 14.5 Å². The van der Waals surface area contributed by atoms with E-state index in [1.165, 1.54) is 0 Å². The minimum atomic E-state index is -0.593. The highest BCUT2D eigenvalue weighted by Gasteiger charge is 2.31. The van der Waals surface area contributed by atoms with E-state index in [1.807, 2.05) is 36.3 Å². The number of hydrogen-bond donors (Lipinski definition) is 1. The second-order valence-electron chi connectivity index (χ2n) is 8.29. The van der Waals surface area contributed by atoms with Gasteiger partial charge in [-0.05, 0) is 41.6 Å². The lowest BCUT2D eigenvalue weighted by molar-refractivity contribution is -0.136. The summed E-state index contributed by atoms with van der Waals surface area (Å²) in [5.74, 6) is 0.777. The highest BCUT2D eigenvalue weighted by Crippen LogP contribution is 2.22. The van der Waals surface area contributed by atoms with Crippen LogP contribution in [0, 0.1) is 5.92 Å². The fourth-order valence-corrected chi connectivity index (χ4v) is 4.45. The van der Waals surface area contributed by atoms with Crippen molar-refractivity contribution in [2.45, 2.75) is 26.4 Å². The van der Waals surface area contributed by atoms with Gasteiger partial charge in [0.05, 0.1) is 11.4 Å². The molecule has 3 heterocycles. The van der Waals surface area contributed by atoms with Crippen LogP contribution in [-0.2, 0) is 11.3 Å². The Labute approximate surface area is 201 Å². The lowest BCUT2D eigenvalue weighted by Crippen LogP contribution is -2.56. The molecule has 0 aliphatic carbocycles. The highest BCUT2D eigenvalue weighted by atomic mass is 35.5. The van der Waals surface area contributed by atoms with Gasteiger partial charge >= 0.3 is 0 Å². The molecule has 2 aromatic heterocycles. The van der Waals surface area contributed by atoms with E-state index in [0.29, 0.717) is 55.0 Å². The summed E-state index contributed by atoms with van der Waals surface area (Å²) in [6.07, 6.45) is 0. The maximum Gasteiger partial charge on any atom is 0.251 e. The fraction of sp³-hybridized carbons (Fsp3) is 0.391. The predicted octanol–water partition coefficient (Wildman–Crippen LogP) is 3.55. The van der Waals surface area contributed by atoms with Gasteiger partial charge in [0.1, 0.15) is 6.04 Å². The Bertz CT molecular complexity index is 1080. The molecule has 1 aromatic carbocycles. The number of thiophene rings is 1. The number of nitrogens with zero attached hydrogens (tertiary/aromatic N) is 4. The van der Waals surface area contributed by atoms with Crippen LogP contribution in [0.1, 0.15) is 30.1 Å². The van der Waals surface area contributed by atoms with Crippen LogP contribution in [0.2, 0.25) is 5.02 Å². The summed E-state index contributed by atoms with van der Waals surface area (Å²) in [5, 5.41) is 9.49. The molecule has 1 aliphatic heterocycles. The van der Waals surface area contributed by atoms with Crippen molar-refractivity contribution < 1.29 is 14.1 Å². The SMILES string of the molecule is CC(C)C(NC(=O)c1ccc(Cl)cc1)C(=O)N1CCN(Cc2nc(-c3cccs3)no2)CC1. The Hall–Kier alpha value is -2.75. The van der Waals surface area contributed by atoms with Crippen molar-refractivity contribution in [3.8, 4) is 10.7 Å². The fourth-order valence-electron chi connectivity index (χ4n) is 3.68. The zero-order valence-electron chi connectivity index (χ0n) is 18.5. The Balaban J connectivity index is 1.31. The monoisotopic (exact) mass is 487 g/mol. The lowest BCUT2D eigenvalue weighted by Gasteiger charge is -2.36. The second kappa shape index (κ2) is 10.5. The van der Waals surface area contributed by atoms with Gasteiger partial charge in [0.25, 0.3) is 5.91 Å². The first-order valence-corrected chi connectivity index (χ1v) is 12.1. The van der Waals surface area contributed by atoms with E-state index < -0.39 is 6.04 Å². The van der Waals surface area contributed by atoms with Crippen molar-refractivity contribution in [3.05, 3.63) is 58.3 Å². The van der Waals surface area contributed by atoms with Gasteiger partial charge in [-0.2, -0.15) is 4.98 Å². The van der Waals surface area contributed by atoms with Crippen LogP contribution in [0.3, 0.4) is 0 Å². The molecule has 1 aliphatic rings. The minimum Gasteiger partial charge on any atom is -0.340 e. The van der Waals surface area contributed by atoms with Crippen molar-refractivity contribution in [1.29, 1.82) is 0 Å². The summed E-state index contributed by atoms with van der Waals surface area (Å²) in [5.41, 5.74) is 0.476. The van der Waals surface area contributed by atoms with Crippen LogP contribution in [0.5, 0.6) is 0 Å². The Morgan fingerprint density at radius 3 is 2.52 bits per heavy atom. The minimum absolute atomic E-state index is 0.0409. The van der Waals surface area contributed by atoms with Gasteiger partial charge in [0.15, 0.2) is 0 Å². The first-order chi connectivity index (χ1) is 15.9. The standard InChI is InChI=1S/C23H26ClN5O3S/c1-15(2)20(26-22(30)16-5-7-17(24)8-6-16)23(31)29-11-9-28(10-12-29)14-19-25-21(27-32-19)18-4-3-13-33-18/h3-8,13,15,20H,9-12,14H2,1-2H3,(H,26,30). The van der Waals surface area contributed by atoms with E-state index in [1.54, 1.807) is 35.6 Å². The third-order valence-electron chi connectivity index (χ3n) is 5.58. The molecule has 174 valence electrons. The molecule has 8 nitrogen and oxygen atoms in total. The van der Waals surface area contributed by atoms with Crippen LogP contribution in [0.15, 0.2) is 46.3 Å². The number of piperazine rings is 1. The molecule has 1 saturated heterocycles. The van der Waals surface area contributed by atoms with Gasteiger partial charge < -0.3 is 14.7 Å². The molecule has 0 spiro atoms. The van der Waals surface area contributed by atoms with Crippen molar-refractivity contribution in [2.24, 2.45) is 5.92 Å². The first-order valence-electron chi connectivity index (χ1n) is 10.8. The average Bonchev–Trinajstić information content (AvgIpc) is 3.50. The van der Waals surface area contributed by atoms with Crippen LogP contribution >= 0.6 is 22.9 Å². The predicted molar refractivity (Wildman–Crippen MR) is 127 cm³/mol. The third kappa shape index (κ3) is 5.79. The number of benzene rings is 1. The maximum atomic E-state index is 13.2. The Morgan fingerprint density at radius 2 is 1.88 bits per heavy atom. The largest absolute Gasteiger partial charge is 0.340 e. The van der Waals surface area contributed by atoms with Gasteiger partial charge in [0, 0.05) is 36.8 Å². The van der Waals surface area contributed by atoms with E-state index in [-0.39, 0.29) is 17.7 Å². The molecule has 0 saturated carbocycles. The van der Waals surface area contributed by atoms with Gasteiger partial charge in [0.2, 0.25) is 17.6 Å². The maximum absolute atomic E-state index is 13.2. The van der Waals surface area contributed by atoms with E-state index in [9.17, 15) is 9.59 Å². The van der Waals surface area contributed by atoms with Gasteiger partial charge in [-0.1, -0.05) is 36.7 Å². The normalized spacial score (nSPS) is 15.6. The van der Waals surface area contributed by atoms with Crippen LogP contribution in [0.25, 0.3) is 10.7 Å². The summed E-state index contributed by atoms with van der Waals surface area (Å²) in [6.45, 7) is 6.94. The molecule has 4 rings (SSSR count). The summed E-state index contributed by atoms with van der Waals surface area (Å²) in [4.78, 5) is 35.3. The van der Waals surface area contributed by atoms with Crippen LogP contribution < -0.4 is 5.32 Å². The van der Waals surface area contributed by atoms with Crippen molar-refractivity contribution in [2.75, 3.05) is 26.2 Å². The average molecular weight is 488 g/mol. The van der Waals surface area contributed by atoms with Crippen molar-refractivity contribution in [3.63, 3.8) is 0 Å². The Kier molecular flexibility index (Phi) is 7.42. The molecular formula is C23H26ClN5O3S. The number of carbonyl (C=O) groups is 2. The third-order valence-corrected chi connectivity index (χ3v) is 6.70. The van der Waals surface area contributed by atoms with E-state index in [4.69, 9.17) is 16.1 Å². The summed E-state index contributed by atoms with van der Waals surface area (Å²) in [7, 11) is 0. The zero-order chi connectivity index (χ0) is 23.4. The summed E-state index contributed by atoms with van der Waals surface area (Å²) < 4.78 is 5.40. The second-order valence-corrected chi connectivity index (χ2v) is 9.68. The summed E-state index contributed by atoms with van der Waals surface area (Å²) >= 11 is 7.47. The number of amides is 2. The molecule has 1 unspecified atom stereocenters. The van der Waals surface area contributed by atoms with Crippen LogP contribution in [-0.4, -0.2) is 64.0 Å². The smallest absolute Gasteiger partial charge is 0.251 e. The topological polar surface area (TPSA) is 91.6 Å². The first kappa shape index (κ1) is 23.4. The number of nitrogens with one attached hydrogen (secondary N) is 1. The van der Waals surface area contributed by atoms with Gasteiger partial charge in [-0.25, -0.2) is 0 Å². The molecule has 0 radical (unpaired) electrons. The molecule has 2 amide bonds. The number of rotatable bonds is 7. The molecule has 1 fully saturated rings. The van der Waals surface area contributed by atoms with Crippen molar-refractivity contribution in [1.82, 2.24) is 25.3 Å². The molecule has 10 heteroatoms. The van der Waals surface area contributed by atoms with Crippen molar-refractivity contribution >= 4 is 34.8 Å². The number of aromatic nitrogens is 2. The number of hydrogen-bond acceptors (Lipinski definition) is 7. The van der Waals surface area contributed by atoms with E-state index in [0.717, 1.165) is 4.88 Å². The number of carbonyl (C=O) groups excluding carboxylic acids is 2. The molecule has 3 aromatic rings. The van der Waals surface area contributed by atoms with Crippen LogP contribution in [0.4, 0.5) is 0 Å². The quantitative estimate of drug-likeness (QED) is 0.548. The molecule has 33 heavy (non-hydrogen) atoms. The zero-order valence-corrected chi connectivity index (χ0v) is 20.1. The number of halogens is 1. The Morgan fingerprint density at radius 1 is 1.15 bits per heavy atom. The molecule has 1 atom stereocenters. The highest BCUT2D eigenvalue weighted by molar-refractivity contribution is 7.13. The molecule has 1 N–H and O–H groups in total. The summed E-state index contributed by atoms with van der Waals surface area (Å²) in [6, 6.07) is 9.95. The lowest BCUT2D eigenvalue weighted by atomic mass is 10.0. The van der Waals surface area contributed by atoms with Gasteiger partial charge in [-0.15, -0.1) is 11.3 Å². The molecule has 0 bridgehead atoms. The molecular weight excluding hydrogens is 462 g/mol. The van der Waals surface area contributed by atoms with E-state index >= 15 is 0 Å².